The van der Waals surface area contributed by atoms with Crippen LogP contribution >= 0.6 is 0 Å². The average Bonchev–Trinajstić information content (AvgIpc) is 2.84. The van der Waals surface area contributed by atoms with Crippen LogP contribution < -0.4 is 10.7 Å². The number of fused-ring (bicyclic) bond motifs is 1. The third kappa shape index (κ3) is 4.94. The topological polar surface area (TPSA) is 62.6 Å². The number of nitrogens with one attached hydrogen (secondary N) is 1. The van der Waals surface area contributed by atoms with E-state index >= 15 is 0 Å². The number of benzene rings is 2. The first-order valence-electron chi connectivity index (χ1n) is 11.8. The van der Waals surface area contributed by atoms with Gasteiger partial charge in [-0.2, -0.15) is 0 Å². The maximum atomic E-state index is 12.9. The highest BCUT2D eigenvalue weighted by Gasteiger charge is 2.24. The maximum absolute atomic E-state index is 12.9. The molecule has 1 unspecified atom stereocenters. The van der Waals surface area contributed by atoms with Gasteiger partial charge in [0.2, 0.25) is 0 Å². The van der Waals surface area contributed by atoms with E-state index in [2.05, 4.69) is 41.4 Å². The Labute approximate surface area is 189 Å². The first-order chi connectivity index (χ1) is 15.6. The van der Waals surface area contributed by atoms with Crippen LogP contribution in [0.5, 0.6) is 0 Å². The number of piperidine rings is 1. The molecule has 1 atom stereocenters. The number of amides is 1. The molecule has 2 heterocycles. The van der Waals surface area contributed by atoms with Gasteiger partial charge in [0.1, 0.15) is 5.58 Å². The molecule has 0 spiro atoms. The minimum Gasteiger partial charge on any atom is -0.451 e. The number of hydrogen-bond acceptors (Lipinski definition) is 4. The molecule has 168 valence electrons. The van der Waals surface area contributed by atoms with Crippen LogP contribution in [0.2, 0.25) is 0 Å². The molecule has 2 aromatic carbocycles. The molecule has 0 saturated carbocycles. The predicted octanol–water partition coefficient (Wildman–Crippen LogP) is 4.87. The van der Waals surface area contributed by atoms with Crippen molar-refractivity contribution in [3.63, 3.8) is 0 Å². The van der Waals surface area contributed by atoms with Crippen molar-refractivity contribution in [1.29, 1.82) is 0 Å². The second kappa shape index (κ2) is 10.1. The second-order valence-electron chi connectivity index (χ2n) is 8.58. The van der Waals surface area contributed by atoms with E-state index < -0.39 is 0 Å². The first kappa shape index (κ1) is 22.3. The highest BCUT2D eigenvalue weighted by molar-refractivity contribution is 5.93. The normalized spacial score (nSPS) is 15.6. The zero-order valence-electron chi connectivity index (χ0n) is 19.0. The van der Waals surface area contributed by atoms with Gasteiger partial charge in [0, 0.05) is 12.6 Å². The summed E-state index contributed by atoms with van der Waals surface area (Å²) in [7, 11) is 0. The fourth-order valence-electron chi connectivity index (χ4n) is 4.48. The monoisotopic (exact) mass is 432 g/mol. The van der Waals surface area contributed by atoms with Crippen LogP contribution in [-0.2, 0) is 12.8 Å². The molecule has 1 aliphatic rings. The Kier molecular flexibility index (Phi) is 7.05. The van der Waals surface area contributed by atoms with Gasteiger partial charge in [-0.3, -0.25) is 14.5 Å². The molecule has 1 saturated heterocycles. The molecular formula is C27H32N2O3. The summed E-state index contributed by atoms with van der Waals surface area (Å²) >= 11 is 0. The number of carbonyl (C=O) groups is 1. The summed E-state index contributed by atoms with van der Waals surface area (Å²) in [6.07, 6.45) is 5.46. The standard InChI is InChI=1S/C27H32N2O3/c1-3-19-8-11-21(12-9-19)23(29-14-6-5-7-15-29)18-28-27(31)26-17-24(30)22-16-20(4-2)10-13-25(22)32-26/h8-13,16-17,23H,3-7,14-15,18H2,1-2H3,(H,28,31). The Morgan fingerprint density at radius 3 is 2.34 bits per heavy atom. The predicted molar refractivity (Wildman–Crippen MR) is 128 cm³/mol. The van der Waals surface area contributed by atoms with E-state index in [-0.39, 0.29) is 23.1 Å². The third-order valence-electron chi connectivity index (χ3n) is 6.48. The van der Waals surface area contributed by atoms with Gasteiger partial charge < -0.3 is 9.73 Å². The highest BCUT2D eigenvalue weighted by atomic mass is 16.3. The van der Waals surface area contributed by atoms with Crippen molar-refractivity contribution in [3.05, 3.63) is 81.2 Å². The third-order valence-corrected chi connectivity index (χ3v) is 6.48. The summed E-state index contributed by atoms with van der Waals surface area (Å²) in [6, 6.07) is 15.6. The zero-order valence-corrected chi connectivity index (χ0v) is 19.0. The number of hydrogen-bond donors (Lipinski definition) is 1. The van der Waals surface area contributed by atoms with E-state index in [0.29, 0.717) is 17.5 Å². The van der Waals surface area contributed by atoms with Gasteiger partial charge in [-0.15, -0.1) is 0 Å². The Hall–Kier alpha value is -2.92. The molecule has 3 aromatic rings. The van der Waals surface area contributed by atoms with E-state index in [1.54, 1.807) is 6.07 Å². The van der Waals surface area contributed by atoms with Gasteiger partial charge >= 0.3 is 0 Å². The molecule has 1 fully saturated rings. The fourth-order valence-corrected chi connectivity index (χ4v) is 4.48. The van der Waals surface area contributed by atoms with Crippen molar-refractivity contribution in [3.8, 4) is 0 Å². The van der Waals surface area contributed by atoms with Crippen molar-refractivity contribution in [1.82, 2.24) is 10.2 Å². The van der Waals surface area contributed by atoms with Crippen molar-refractivity contribution in [2.24, 2.45) is 0 Å². The molecule has 5 nitrogen and oxygen atoms in total. The van der Waals surface area contributed by atoms with Crippen LogP contribution in [0.15, 0.2) is 57.7 Å². The summed E-state index contributed by atoms with van der Waals surface area (Å²) in [5, 5.41) is 3.54. The van der Waals surface area contributed by atoms with E-state index in [1.165, 1.54) is 36.5 Å². The minimum atomic E-state index is -0.351. The quantitative estimate of drug-likeness (QED) is 0.578. The van der Waals surface area contributed by atoms with Crippen LogP contribution in [0.25, 0.3) is 11.0 Å². The fraction of sp³-hybridized carbons (Fsp3) is 0.407. The molecule has 1 N–H and O–H groups in total. The molecule has 1 aromatic heterocycles. The smallest absolute Gasteiger partial charge is 0.287 e. The Balaban J connectivity index is 1.54. The number of likely N-dealkylation sites (tertiary alicyclic amines) is 1. The summed E-state index contributed by atoms with van der Waals surface area (Å²) in [5.41, 5.74) is 3.84. The largest absolute Gasteiger partial charge is 0.451 e. The van der Waals surface area contributed by atoms with Crippen molar-refractivity contribution < 1.29 is 9.21 Å². The van der Waals surface area contributed by atoms with Crippen LogP contribution in [-0.4, -0.2) is 30.4 Å². The zero-order chi connectivity index (χ0) is 22.5. The summed E-state index contributed by atoms with van der Waals surface area (Å²) in [4.78, 5) is 28.0. The first-order valence-corrected chi connectivity index (χ1v) is 11.8. The molecule has 0 bridgehead atoms. The van der Waals surface area contributed by atoms with Gasteiger partial charge in [0.15, 0.2) is 11.2 Å². The lowest BCUT2D eigenvalue weighted by Gasteiger charge is -2.35. The van der Waals surface area contributed by atoms with Gasteiger partial charge in [-0.1, -0.05) is 50.6 Å². The molecule has 32 heavy (non-hydrogen) atoms. The van der Waals surface area contributed by atoms with Crippen LogP contribution in [0.3, 0.4) is 0 Å². The van der Waals surface area contributed by atoms with E-state index in [0.717, 1.165) is 31.5 Å². The molecule has 5 heteroatoms. The summed E-state index contributed by atoms with van der Waals surface area (Å²) in [6.45, 7) is 6.72. The summed E-state index contributed by atoms with van der Waals surface area (Å²) in [5.74, 6) is -0.291. The second-order valence-corrected chi connectivity index (χ2v) is 8.58. The molecule has 1 aliphatic heterocycles. The van der Waals surface area contributed by atoms with E-state index in [9.17, 15) is 9.59 Å². The van der Waals surface area contributed by atoms with Gasteiger partial charge in [0.25, 0.3) is 5.91 Å². The minimum absolute atomic E-state index is 0.0606. The number of aryl methyl sites for hydroxylation is 2. The number of rotatable bonds is 7. The molecule has 0 radical (unpaired) electrons. The van der Waals surface area contributed by atoms with Crippen molar-refractivity contribution >= 4 is 16.9 Å². The molecule has 0 aliphatic carbocycles. The van der Waals surface area contributed by atoms with Gasteiger partial charge in [0.05, 0.1) is 11.4 Å². The number of carbonyl (C=O) groups excluding carboxylic acids is 1. The van der Waals surface area contributed by atoms with Gasteiger partial charge in [-0.05, 0) is 67.6 Å². The van der Waals surface area contributed by atoms with Crippen LogP contribution in [0, 0.1) is 0 Å². The Bertz CT molecular complexity index is 1130. The highest BCUT2D eigenvalue weighted by Crippen LogP contribution is 2.25. The lowest BCUT2D eigenvalue weighted by molar-refractivity contribution is 0.0897. The maximum Gasteiger partial charge on any atom is 0.287 e. The van der Waals surface area contributed by atoms with E-state index in [4.69, 9.17) is 4.42 Å². The Morgan fingerprint density at radius 2 is 1.66 bits per heavy atom. The van der Waals surface area contributed by atoms with Crippen molar-refractivity contribution in [2.45, 2.75) is 52.0 Å². The van der Waals surface area contributed by atoms with E-state index in [1.807, 2.05) is 19.1 Å². The number of nitrogens with zero attached hydrogens (tertiary/aromatic N) is 1. The summed E-state index contributed by atoms with van der Waals surface area (Å²) < 4.78 is 5.79. The molecular weight excluding hydrogens is 400 g/mol. The average molecular weight is 433 g/mol. The molecule has 1 amide bonds. The lowest BCUT2D eigenvalue weighted by atomic mass is 9.99. The van der Waals surface area contributed by atoms with Gasteiger partial charge in [-0.25, -0.2) is 0 Å². The van der Waals surface area contributed by atoms with Crippen molar-refractivity contribution in [2.75, 3.05) is 19.6 Å². The van der Waals surface area contributed by atoms with Crippen LogP contribution in [0.1, 0.15) is 66.4 Å². The van der Waals surface area contributed by atoms with Crippen LogP contribution in [0.4, 0.5) is 0 Å². The SMILES string of the molecule is CCc1ccc(C(CNC(=O)c2cc(=O)c3cc(CC)ccc3o2)N2CCCCC2)cc1. The Morgan fingerprint density at radius 1 is 0.969 bits per heavy atom. The molecule has 4 rings (SSSR count). The lowest BCUT2D eigenvalue weighted by Crippen LogP contribution is -2.40.